The van der Waals surface area contributed by atoms with Crippen LogP contribution in [0.25, 0.3) is 10.9 Å². The van der Waals surface area contributed by atoms with E-state index in [2.05, 4.69) is 43.2 Å². The zero-order valence-electron chi connectivity index (χ0n) is 11.6. The molecule has 3 rings (SSSR count). The van der Waals surface area contributed by atoms with Gasteiger partial charge in [-0.05, 0) is 63.0 Å². The molecule has 1 heterocycles. The van der Waals surface area contributed by atoms with Crippen LogP contribution in [0.2, 0.25) is 0 Å². The van der Waals surface area contributed by atoms with E-state index < -0.39 is 0 Å². The molecule has 3 nitrogen and oxygen atoms in total. The minimum Gasteiger partial charge on any atom is -0.361 e. The summed E-state index contributed by atoms with van der Waals surface area (Å²) >= 11 is 0. The molecule has 1 saturated carbocycles. The fourth-order valence-electron chi connectivity index (χ4n) is 3.01. The summed E-state index contributed by atoms with van der Waals surface area (Å²) in [5, 5.41) is 10.2. The van der Waals surface area contributed by atoms with Gasteiger partial charge < -0.3 is 9.88 Å². The molecule has 1 aliphatic carbocycles. The number of nitriles is 1. The third-order valence-electron chi connectivity index (χ3n) is 4.52. The lowest BCUT2D eigenvalue weighted by Gasteiger charge is -2.19. The summed E-state index contributed by atoms with van der Waals surface area (Å²) in [6.07, 6.45) is 3.38. The highest BCUT2D eigenvalue weighted by Gasteiger charge is 2.43. The normalized spacial score (nSPS) is 23.5. The summed E-state index contributed by atoms with van der Waals surface area (Å²) in [6, 6.07) is 8.72. The van der Waals surface area contributed by atoms with E-state index >= 15 is 0 Å². The molecule has 1 fully saturated rings. The SMILES string of the molecule is CC(C1CC1c1c[nH]c2ccc(C#N)cc12)N(C)C. The van der Waals surface area contributed by atoms with E-state index in [9.17, 15) is 0 Å². The van der Waals surface area contributed by atoms with Crippen LogP contribution < -0.4 is 0 Å². The van der Waals surface area contributed by atoms with Crippen molar-refractivity contribution in [2.24, 2.45) is 5.92 Å². The lowest BCUT2D eigenvalue weighted by atomic mass is 10.0. The smallest absolute Gasteiger partial charge is 0.0991 e. The molecule has 0 amide bonds. The average Bonchev–Trinajstić information content (AvgIpc) is 3.09. The summed E-state index contributed by atoms with van der Waals surface area (Å²) < 4.78 is 0. The Morgan fingerprint density at radius 3 is 2.89 bits per heavy atom. The van der Waals surface area contributed by atoms with Gasteiger partial charge in [0, 0.05) is 23.1 Å². The maximum absolute atomic E-state index is 9.03. The van der Waals surface area contributed by atoms with Crippen molar-refractivity contribution in [3.05, 3.63) is 35.5 Å². The highest BCUT2D eigenvalue weighted by molar-refractivity contribution is 5.85. The minimum absolute atomic E-state index is 0.606. The topological polar surface area (TPSA) is 42.8 Å². The van der Waals surface area contributed by atoms with E-state index in [1.54, 1.807) is 0 Å². The third kappa shape index (κ3) is 2.02. The molecule has 19 heavy (non-hydrogen) atoms. The minimum atomic E-state index is 0.606. The van der Waals surface area contributed by atoms with E-state index in [0.717, 1.165) is 17.0 Å². The molecule has 98 valence electrons. The van der Waals surface area contributed by atoms with Crippen LogP contribution in [0.3, 0.4) is 0 Å². The maximum Gasteiger partial charge on any atom is 0.0991 e. The molecule has 1 N–H and O–H groups in total. The molecular formula is C16H19N3. The molecule has 0 radical (unpaired) electrons. The molecular weight excluding hydrogens is 234 g/mol. The van der Waals surface area contributed by atoms with Gasteiger partial charge in [0.05, 0.1) is 11.6 Å². The van der Waals surface area contributed by atoms with Gasteiger partial charge in [-0.15, -0.1) is 0 Å². The molecule has 1 aromatic carbocycles. The molecule has 3 unspecified atom stereocenters. The third-order valence-corrected chi connectivity index (χ3v) is 4.52. The van der Waals surface area contributed by atoms with Crippen molar-refractivity contribution in [1.29, 1.82) is 5.26 Å². The van der Waals surface area contributed by atoms with Gasteiger partial charge in [-0.3, -0.25) is 0 Å². The van der Waals surface area contributed by atoms with Crippen LogP contribution >= 0.6 is 0 Å². The molecule has 1 aliphatic rings. The van der Waals surface area contributed by atoms with Crippen molar-refractivity contribution < 1.29 is 0 Å². The van der Waals surface area contributed by atoms with E-state index in [1.165, 1.54) is 17.4 Å². The van der Waals surface area contributed by atoms with Crippen LogP contribution in [-0.4, -0.2) is 30.0 Å². The Labute approximate surface area is 113 Å². The van der Waals surface area contributed by atoms with Gasteiger partial charge in [-0.2, -0.15) is 5.26 Å². The zero-order valence-corrected chi connectivity index (χ0v) is 11.6. The van der Waals surface area contributed by atoms with Gasteiger partial charge in [-0.1, -0.05) is 0 Å². The Kier molecular flexibility index (Phi) is 2.83. The Hall–Kier alpha value is -1.79. The highest BCUT2D eigenvalue weighted by Crippen LogP contribution is 2.52. The molecule has 0 aliphatic heterocycles. The summed E-state index contributed by atoms with van der Waals surface area (Å²) in [4.78, 5) is 5.62. The number of nitrogens with one attached hydrogen (secondary N) is 1. The molecule has 1 aromatic heterocycles. The van der Waals surface area contributed by atoms with E-state index in [4.69, 9.17) is 5.26 Å². The molecule has 3 heteroatoms. The second kappa shape index (κ2) is 4.40. The predicted molar refractivity (Wildman–Crippen MR) is 77.0 cm³/mol. The quantitative estimate of drug-likeness (QED) is 0.913. The average molecular weight is 253 g/mol. The predicted octanol–water partition coefficient (Wildman–Crippen LogP) is 3.09. The van der Waals surface area contributed by atoms with Gasteiger partial charge in [0.25, 0.3) is 0 Å². The van der Waals surface area contributed by atoms with Crippen LogP contribution in [0.15, 0.2) is 24.4 Å². The number of hydrogen-bond donors (Lipinski definition) is 1. The molecule has 0 saturated heterocycles. The molecule has 0 bridgehead atoms. The number of rotatable bonds is 3. The van der Waals surface area contributed by atoms with Crippen LogP contribution in [0.4, 0.5) is 0 Å². The van der Waals surface area contributed by atoms with E-state index in [1.807, 2.05) is 18.2 Å². The first-order chi connectivity index (χ1) is 9.11. The van der Waals surface area contributed by atoms with Crippen LogP contribution in [-0.2, 0) is 0 Å². The number of nitrogens with zero attached hydrogens (tertiary/aromatic N) is 2. The Morgan fingerprint density at radius 1 is 1.42 bits per heavy atom. The number of fused-ring (bicyclic) bond motifs is 1. The number of H-pyrrole nitrogens is 1. The maximum atomic E-state index is 9.03. The van der Waals surface area contributed by atoms with Gasteiger partial charge >= 0.3 is 0 Å². The van der Waals surface area contributed by atoms with Gasteiger partial charge in [-0.25, -0.2) is 0 Å². The van der Waals surface area contributed by atoms with E-state index in [-0.39, 0.29) is 0 Å². The summed E-state index contributed by atoms with van der Waals surface area (Å²) in [6.45, 7) is 2.29. The standard InChI is InChI=1S/C16H19N3/c1-10(19(2)3)12-7-13(12)15-9-18-16-5-4-11(8-17)6-14(15)16/h4-6,9-10,12-13,18H,7H2,1-3H3. The van der Waals surface area contributed by atoms with Crippen molar-refractivity contribution in [2.75, 3.05) is 14.1 Å². The number of aromatic nitrogens is 1. The van der Waals surface area contributed by atoms with Gasteiger partial charge in [0.1, 0.15) is 0 Å². The van der Waals surface area contributed by atoms with Crippen molar-refractivity contribution in [1.82, 2.24) is 9.88 Å². The first-order valence-corrected chi connectivity index (χ1v) is 6.79. The van der Waals surface area contributed by atoms with Gasteiger partial charge in [0.15, 0.2) is 0 Å². The summed E-state index contributed by atoms with van der Waals surface area (Å²) in [5.74, 6) is 1.37. The molecule has 0 spiro atoms. The Morgan fingerprint density at radius 2 is 2.21 bits per heavy atom. The fraction of sp³-hybridized carbons (Fsp3) is 0.438. The molecule has 3 atom stereocenters. The number of hydrogen-bond acceptors (Lipinski definition) is 2. The Bertz CT molecular complexity index is 648. The number of benzene rings is 1. The van der Waals surface area contributed by atoms with E-state index in [0.29, 0.717) is 12.0 Å². The highest BCUT2D eigenvalue weighted by atomic mass is 15.1. The van der Waals surface area contributed by atoms with Crippen molar-refractivity contribution in [3.8, 4) is 6.07 Å². The first-order valence-electron chi connectivity index (χ1n) is 6.79. The van der Waals surface area contributed by atoms with Crippen LogP contribution in [0.1, 0.15) is 30.4 Å². The summed E-state index contributed by atoms with van der Waals surface area (Å²) in [7, 11) is 4.28. The molecule has 2 aromatic rings. The lowest BCUT2D eigenvalue weighted by molar-refractivity contribution is 0.282. The van der Waals surface area contributed by atoms with Crippen molar-refractivity contribution >= 4 is 10.9 Å². The largest absolute Gasteiger partial charge is 0.361 e. The van der Waals surface area contributed by atoms with Gasteiger partial charge in [0.2, 0.25) is 0 Å². The monoisotopic (exact) mass is 253 g/mol. The van der Waals surface area contributed by atoms with Crippen molar-refractivity contribution in [3.63, 3.8) is 0 Å². The fourth-order valence-corrected chi connectivity index (χ4v) is 3.01. The second-order valence-electron chi connectivity index (χ2n) is 5.83. The Balaban J connectivity index is 1.93. The number of aromatic amines is 1. The lowest BCUT2D eigenvalue weighted by Crippen LogP contribution is -2.26. The van der Waals surface area contributed by atoms with Crippen LogP contribution in [0, 0.1) is 17.2 Å². The zero-order chi connectivity index (χ0) is 13.6. The second-order valence-corrected chi connectivity index (χ2v) is 5.83. The summed E-state index contributed by atoms with van der Waals surface area (Å²) in [5.41, 5.74) is 3.26. The first kappa shape index (κ1) is 12.3. The van der Waals surface area contributed by atoms with Crippen molar-refractivity contribution in [2.45, 2.75) is 25.3 Å². The van der Waals surface area contributed by atoms with Crippen LogP contribution in [0.5, 0.6) is 0 Å².